The topological polar surface area (TPSA) is 18.5 Å². The third-order valence-corrected chi connectivity index (χ3v) is 3.13. The molecule has 0 aliphatic carbocycles. The van der Waals surface area contributed by atoms with Gasteiger partial charge >= 0.3 is 6.18 Å². The first kappa shape index (κ1) is 17.2. The van der Waals surface area contributed by atoms with Gasteiger partial charge in [-0.3, -0.25) is 0 Å². The van der Waals surface area contributed by atoms with E-state index in [9.17, 15) is 13.2 Å². The molecule has 114 valence electrons. The molecule has 1 unspecified atom stereocenters. The number of hydrogen-bond donors (Lipinski definition) is 0. The summed E-state index contributed by atoms with van der Waals surface area (Å²) in [5.74, 6) is 0.723. The standard InChI is InChI=1S/C13H15Cl2F3O2/c1-3-19-11-5-8(10(15)7-13(16,17)18)9(14)6-12(11)20-4-2/h5-6,10H,3-4,7H2,1-2H3. The number of hydrogen-bond acceptors (Lipinski definition) is 2. The van der Waals surface area contributed by atoms with E-state index < -0.39 is 18.0 Å². The number of benzene rings is 1. The monoisotopic (exact) mass is 330 g/mol. The quantitative estimate of drug-likeness (QED) is 0.653. The van der Waals surface area contributed by atoms with Crippen LogP contribution in [0.25, 0.3) is 0 Å². The number of ether oxygens (including phenoxy) is 2. The Hall–Kier alpha value is -0.810. The highest BCUT2D eigenvalue weighted by molar-refractivity contribution is 6.33. The normalized spacial score (nSPS) is 13.2. The molecule has 1 aromatic rings. The molecule has 0 saturated carbocycles. The predicted molar refractivity (Wildman–Crippen MR) is 73.1 cm³/mol. The maximum Gasteiger partial charge on any atom is 0.390 e. The molecule has 0 aliphatic rings. The van der Waals surface area contributed by atoms with E-state index in [0.717, 1.165) is 0 Å². The highest BCUT2D eigenvalue weighted by atomic mass is 35.5. The molecule has 1 rings (SSSR count). The maximum absolute atomic E-state index is 12.4. The van der Waals surface area contributed by atoms with Gasteiger partial charge in [0, 0.05) is 11.1 Å². The number of alkyl halides is 4. The molecule has 7 heteroatoms. The third-order valence-electron chi connectivity index (χ3n) is 2.41. The van der Waals surface area contributed by atoms with E-state index in [0.29, 0.717) is 24.7 Å². The lowest BCUT2D eigenvalue weighted by molar-refractivity contribution is -0.134. The van der Waals surface area contributed by atoms with Gasteiger partial charge in [-0.1, -0.05) is 11.6 Å². The van der Waals surface area contributed by atoms with Gasteiger partial charge in [-0.05, 0) is 25.5 Å². The molecule has 0 saturated heterocycles. The lowest BCUT2D eigenvalue weighted by atomic mass is 10.1. The van der Waals surface area contributed by atoms with Crippen LogP contribution in [0.1, 0.15) is 31.2 Å². The highest BCUT2D eigenvalue weighted by Crippen LogP contribution is 2.42. The summed E-state index contributed by atoms with van der Waals surface area (Å²) >= 11 is 11.8. The van der Waals surface area contributed by atoms with E-state index in [2.05, 4.69) is 0 Å². The molecule has 1 atom stereocenters. The van der Waals surface area contributed by atoms with E-state index in [-0.39, 0.29) is 10.6 Å². The lowest BCUT2D eigenvalue weighted by Crippen LogP contribution is -2.11. The molecular formula is C13H15Cl2F3O2. The molecule has 2 nitrogen and oxygen atoms in total. The van der Waals surface area contributed by atoms with Crippen LogP contribution in [-0.2, 0) is 0 Å². The summed E-state index contributed by atoms with van der Waals surface area (Å²) in [6.45, 7) is 4.29. The van der Waals surface area contributed by atoms with Crippen molar-refractivity contribution in [3.8, 4) is 11.5 Å². The molecular weight excluding hydrogens is 316 g/mol. The maximum atomic E-state index is 12.4. The molecule has 0 aromatic heterocycles. The summed E-state index contributed by atoms with van der Waals surface area (Å²) in [5.41, 5.74) is 0.178. The minimum atomic E-state index is -4.36. The van der Waals surface area contributed by atoms with Gasteiger partial charge in [-0.15, -0.1) is 11.6 Å². The molecule has 0 radical (unpaired) electrons. The van der Waals surface area contributed by atoms with Crippen LogP contribution in [0.2, 0.25) is 5.02 Å². The van der Waals surface area contributed by atoms with Crippen LogP contribution in [0.4, 0.5) is 13.2 Å². The van der Waals surface area contributed by atoms with Crippen molar-refractivity contribution in [3.05, 3.63) is 22.7 Å². The van der Waals surface area contributed by atoms with Gasteiger partial charge in [0.15, 0.2) is 11.5 Å². The highest BCUT2D eigenvalue weighted by Gasteiger charge is 2.33. The van der Waals surface area contributed by atoms with Crippen molar-refractivity contribution in [2.75, 3.05) is 13.2 Å². The van der Waals surface area contributed by atoms with Crippen molar-refractivity contribution in [3.63, 3.8) is 0 Å². The van der Waals surface area contributed by atoms with E-state index >= 15 is 0 Å². The summed E-state index contributed by atoms with van der Waals surface area (Å²) in [4.78, 5) is 0. The van der Waals surface area contributed by atoms with Crippen LogP contribution in [-0.4, -0.2) is 19.4 Å². The average Bonchev–Trinajstić information content (AvgIpc) is 2.30. The molecule has 0 heterocycles. The average molecular weight is 331 g/mol. The van der Waals surface area contributed by atoms with Crippen LogP contribution in [0.3, 0.4) is 0 Å². The molecule has 0 spiro atoms. The molecule has 0 N–H and O–H groups in total. The van der Waals surface area contributed by atoms with Gasteiger partial charge in [0.05, 0.1) is 25.0 Å². The minimum absolute atomic E-state index is 0.126. The summed E-state index contributed by atoms with van der Waals surface area (Å²) in [5, 5.41) is -1.14. The third kappa shape index (κ3) is 4.94. The van der Waals surface area contributed by atoms with Crippen LogP contribution in [0.5, 0.6) is 11.5 Å². The smallest absolute Gasteiger partial charge is 0.390 e. The minimum Gasteiger partial charge on any atom is -0.490 e. The molecule has 0 bridgehead atoms. The van der Waals surface area contributed by atoms with Gasteiger partial charge in [-0.25, -0.2) is 0 Å². The van der Waals surface area contributed by atoms with Crippen molar-refractivity contribution in [2.45, 2.75) is 31.8 Å². The zero-order chi connectivity index (χ0) is 15.3. The first-order valence-corrected chi connectivity index (χ1v) is 6.89. The van der Waals surface area contributed by atoms with Crippen molar-refractivity contribution in [2.24, 2.45) is 0 Å². The van der Waals surface area contributed by atoms with Crippen LogP contribution in [0.15, 0.2) is 12.1 Å². The van der Waals surface area contributed by atoms with E-state index in [4.69, 9.17) is 32.7 Å². The Morgan fingerprint density at radius 2 is 1.60 bits per heavy atom. The Balaban J connectivity index is 3.10. The number of rotatable bonds is 6. The zero-order valence-electron chi connectivity index (χ0n) is 11.1. The fourth-order valence-electron chi connectivity index (χ4n) is 1.64. The Labute approximate surface area is 125 Å². The van der Waals surface area contributed by atoms with E-state index in [1.165, 1.54) is 12.1 Å². The van der Waals surface area contributed by atoms with Gasteiger partial charge in [0.25, 0.3) is 0 Å². The summed E-state index contributed by atoms with van der Waals surface area (Å²) < 4.78 is 47.8. The Kier molecular flexibility index (Phi) is 6.27. The van der Waals surface area contributed by atoms with Crippen molar-refractivity contribution in [1.29, 1.82) is 0 Å². The van der Waals surface area contributed by atoms with E-state index in [1.54, 1.807) is 13.8 Å². The first-order valence-electron chi connectivity index (χ1n) is 6.08. The Morgan fingerprint density at radius 3 is 2.05 bits per heavy atom. The molecule has 0 amide bonds. The second-order valence-electron chi connectivity index (χ2n) is 3.97. The predicted octanol–water partition coefficient (Wildman–Crippen LogP) is 5.37. The number of halogens is 5. The fourth-order valence-corrected chi connectivity index (χ4v) is 2.34. The second-order valence-corrected chi connectivity index (χ2v) is 4.91. The Morgan fingerprint density at radius 1 is 1.10 bits per heavy atom. The van der Waals surface area contributed by atoms with Crippen molar-refractivity contribution in [1.82, 2.24) is 0 Å². The summed E-state index contributed by atoms with van der Waals surface area (Å²) in [6.07, 6.45) is -5.52. The zero-order valence-corrected chi connectivity index (χ0v) is 12.6. The lowest BCUT2D eigenvalue weighted by Gasteiger charge is -2.17. The second kappa shape index (κ2) is 7.27. The first-order chi connectivity index (χ1) is 9.28. The largest absolute Gasteiger partial charge is 0.490 e. The van der Waals surface area contributed by atoms with Gasteiger partial charge in [-0.2, -0.15) is 13.2 Å². The van der Waals surface area contributed by atoms with Gasteiger partial charge in [0.2, 0.25) is 0 Å². The van der Waals surface area contributed by atoms with Gasteiger partial charge < -0.3 is 9.47 Å². The van der Waals surface area contributed by atoms with Crippen LogP contribution >= 0.6 is 23.2 Å². The summed E-state index contributed by atoms with van der Waals surface area (Å²) in [7, 11) is 0. The SMILES string of the molecule is CCOc1cc(Cl)c(C(Cl)CC(F)(F)F)cc1OCC. The molecule has 0 fully saturated rings. The summed E-state index contributed by atoms with van der Waals surface area (Å²) in [6, 6.07) is 2.83. The van der Waals surface area contributed by atoms with E-state index in [1.807, 2.05) is 0 Å². The van der Waals surface area contributed by atoms with Crippen molar-refractivity contribution >= 4 is 23.2 Å². The molecule has 1 aromatic carbocycles. The van der Waals surface area contributed by atoms with Crippen LogP contribution < -0.4 is 9.47 Å². The van der Waals surface area contributed by atoms with Gasteiger partial charge in [0.1, 0.15) is 0 Å². The molecule has 20 heavy (non-hydrogen) atoms. The Bertz CT molecular complexity index is 450. The molecule has 0 aliphatic heterocycles. The van der Waals surface area contributed by atoms with Crippen molar-refractivity contribution < 1.29 is 22.6 Å². The van der Waals surface area contributed by atoms with Crippen LogP contribution in [0, 0.1) is 0 Å². The fraction of sp³-hybridized carbons (Fsp3) is 0.538.